The SMILES string of the molecule is CCCCCCCCCCCNc1nc(Cl)nc(SCCCCCCCC)n1. The maximum Gasteiger partial charge on any atom is 0.228 e. The van der Waals surface area contributed by atoms with Crippen LogP contribution in [-0.2, 0) is 0 Å². The lowest BCUT2D eigenvalue weighted by molar-refractivity contribution is 0.569. The molecule has 0 spiro atoms. The molecule has 0 saturated carbocycles. The Morgan fingerprint density at radius 1 is 0.679 bits per heavy atom. The van der Waals surface area contributed by atoms with Crippen molar-refractivity contribution in [2.45, 2.75) is 115 Å². The van der Waals surface area contributed by atoms with Crippen LogP contribution in [-0.4, -0.2) is 27.2 Å². The van der Waals surface area contributed by atoms with Crippen molar-refractivity contribution in [1.29, 1.82) is 0 Å². The third kappa shape index (κ3) is 14.4. The van der Waals surface area contributed by atoms with Gasteiger partial charge in [0.2, 0.25) is 11.2 Å². The summed E-state index contributed by atoms with van der Waals surface area (Å²) >= 11 is 7.75. The van der Waals surface area contributed by atoms with Crippen molar-refractivity contribution in [3.63, 3.8) is 0 Å². The summed E-state index contributed by atoms with van der Waals surface area (Å²) in [5, 5.41) is 4.34. The predicted octanol–water partition coefficient (Wildman–Crippen LogP) is 7.92. The van der Waals surface area contributed by atoms with E-state index in [4.69, 9.17) is 11.6 Å². The summed E-state index contributed by atoms with van der Waals surface area (Å²) in [5.74, 6) is 1.66. The second-order valence-corrected chi connectivity index (χ2v) is 8.98. The number of nitrogens with zero attached hydrogens (tertiary/aromatic N) is 3. The van der Waals surface area contributed by atoms with E-state index in [1.165, 1.54) is 89.9 Å². The van der Waals surface area contributed by atoms with Gasteiger partial charge in [-0.2, -0.15) is 15.0 Å². The maximum absolute atomic E-state index is 6.07. The van der Waals surface area contributed by atoms with Gasteiger partial charge in [-0.25, -0.2) is 0 Å². The summed E-state index contributed by atoms with van der Waals surface area (Å²) in [6.07, 6.45) is 19.8. The van der Waals surface area contributed by atoms with Gasteiger partial charge in [-0.1, -0.05) is 109 Å². The average Bonchev–Trinajstić information content (AvgIpc) is 2.68. The van der Waals surface area contributed by atoms with Gasteiger partial charge in [0.05, 0.1) is 0 Å². The number of anilines is 1. The molecule has 0 saturated heterocycles. The minimum atomic E-state index is 0.287. The molecule has 1 aromatic heterocycles. The summed E-state index contributed by atoms with van der Waals surface area (Å²) in [7, 11) is 0. The Morgan fingerprint density at radius 2 is 1.21 bits per heavy atom. The summed E-state index contributed by atoms with van der Waals surface area (Å²) in [4.78, 5) is 13.0. The third-order valence-corrected chi connectivity index (χ3v) is 5.98. The molecular weight excluding hydrogens is 388 g/mol. The fourth-order valence-electron chi connectivity index (χ4n) is 3.16. The zero-order chi connectivity index (χ0) is 20.3. The van der Waals surface area contributed by atoms with Gasteiger partial charge < -0.3 is 5.32 Å². The van der Waals surface area contributed by atoms with Gasteiger partial charge in [0.25, 0.3) is 0 Å². The van der Waals surface area contributed by atoms with E-state index in [0.29, 0.717) is 5.95 Å². The Kier molecular flexibility index (Phi) is 16.8. The van der Waals surface area contributed by atoms with Crippen molar-refractivity contribution in [2.24, 2.45) is 0 Å². The molecule has 0 atom stereocenters. The smallest absolute Gasteiger partial charge is 0.228 e. The van der Waals surface area contributed by atoms with Crippen LogP contribution >= 0.6 is 23.4 Å². The summed E-state index contributed by atoms with van der Waals surface area (Å²) < 4.78 is 0. The Labute approximate surface area is 182 Å². The lowest BCUT2D eigenvalue weighted by Crippen LogP contribution is -2.07. The van der Waals surface area contributed by atoms with E-state index in [-0.39, 0.29) is 5.28 Å². The highest BCUT2D eigenvalue weighted by Crippen LogP contribution is 2.19. The molecule has 1 heterocycles. The Balaban J connectivity index is 2.10. The fraction of sp³-hybridized carbons (Fsp3) is 0.864. The number of rotatable bonds is 19. The normalized spacial score (nSPS) is 11.1. The number of hydrogen-bond donors (Lipinski definition) is 1. The quantitative estimate of drug-likeness (QED) is 0.179. The van der Waals surface area contributed by atoms with Gasteiger partial charge >= 0.3 is 0 Å². The molecule has 0 aromatic carbocycles. The molecule has 1 aromatic rings. The summed E-state index contributed by atoms with van der Waals surface area (Å²) in [5.41, 5.74) is 0. The average molecular weight is 429 g/mol. The van der Waals surface area contributed by atoms with E-state index in [0.717, 1.165) is 23.9 Å². The second kappa shape index (κ2) is 18.5. The van der Waals surface area contributed by atoms with Crippen LogP contribution in [0.4, 0.5) is 5.95 Å². The molecule has 1 rings (SSSR count). The monoisotopic (exact) mass is 428 g/mol. The van der Waals surface area contributed by atoms with Gasteiger partial charge in [-0.15, -0.1) is 0 Å². The topological polar surface area (TPSA) is 50.7 Å². The molecule has 0 fully saturated rings. The molecule has 0 bridgehead atoms. The van der Waals surface area contributed by atoms with Crippen LogP contribution < -0.4 is 5.32 Å². The van der Waals surface area contributed by atoms with Crippen molar-refractivity contribution in [3.8, 4) is 0 Å². The van der Waals surface area contributed by atoms with E-state index >= 15 is 0 Å². The highest BCUT2D eigenvalue weighted by atomic mass is 35.5. The number of hydrogen-bond acceptors (Lipinski definition) is 5. The molecule has 0 unspecified atom stereocenters. The molecule has 0 amide bonds. The highest BCUT2D eigenvalue weighted by Gasteiger charge is 2.05. The zero-order valence-corrected chi connectivity index (χ0v) is 19.7. The first-order valence-corrected chi connectivity index (χ1v) is 12.9. The lowest BCUT2D eigenvalue weighted by atomic mass is 10.1. The Bertz CT molecular complexity index is 488. The predicted molar refractivity (Wildman–Crippen MR) is 125 cm³/mol. The summed E-state index contributed by atoms with van der Waals surface area (Å²) in [6, 6.07) is 0. The highest BCUT2D eigenvalue weighted by molar-refractivity contribution is 7.99. The molecule has 162 valence electrons. The van der Waals surface area contributed by atoms with Gasteiger partial charge in [-0.3, -0.25) is 0 Å². The first-order valence-electron chi connectivity index (χ1n) is 11.5. The van der Waals surface area contributed by atoms with E-state index in [9.17, 15) is 0 Å². The van der Waals surface area contributed by atoms with Crippen LogP contribution in [0.25, 0.3) is 0 Å². The molecule has 0 radical (unpaired) electrons. The zero-order valence-electron chi connectivity index (χ0n) is 18.1. The van der Waals surface area contributed by atoms with Gasteiger partial charge in [0.15, 0.2) is 5.16 Å². The number of nitrogens with one attached hydrogen (secondary N) is 1. The Morgan fingerprint density at radius 3 is 1.82 bits per heavy atom. The number of thioether (sulfide) groups is 1. The van der Waals surface area contributed by atoms with Gasteiger partial charge in [-0.05, 0) is 24.4 Å². The number of aromatic nitrogens is 3. The molecule has 0 aliphatic carbocycles. The summed E-state index contributed by atoms with van der Waals surface area (Å²) in [6.45, 7) is 5.42. The molecule has 0 aliphatic heterocycles. The largest absolute Gasteiger partial charge is 0.354 e. The first-order chi connectivity index (χ1) is 13.8. The minimum absolute atomic E-state index is 0.287. The second-order valence-electron chi connectivity index (χ2n) is 7.58. The van der Waals surface area contributed by atoms with Crippen LogP contribution in [0.5, 0.6) is 0 Å². The fourth-order valence-corrected chi connectivity index (χ4v) is 4.20. The van der Waals surface area contributed by atoms with Crippen LogP contribution in [0.3, 0.4) is 0 Å². The van der Waals surface area contributed by atoms with E-state index in [1.54, 1.807) is 11.8 Å². The first kappa shape index (κ1) is 25.5. The van der Waals surface area contributed by atoms with Crippen molar-refractivity contribution < 1.29 is 0 Å². The third-order valence-electron chi connectivity index (χ3n) is 4.88. The molecule has 0 aliphatic rings. The van der Waals surface area contributed by atoms with Crippen molar-refractivity contribution in [2.75, 3.05) is 17.6 Å². The molecular formula is C22H41ClN4S. The molecule has 28 heavy (non-hydrogen) atoms. The minimum Gasteiger partial charge on any atom is -0.354 e. The molecule has 1 N–H and O–H groups in total. The number of halogens is 1. The lowest BCUT2D eigenvalue weighted by Gasteiger charge is -2.07. The van der Waals surface area contributed by atoms with E-state index in [1.807, 2.05) is 0 Å². The van der Waals surface area contributed by atoms with Crippen molar-refractivity contribution in [3.05, 3.63) is 5.28 Å². The molecule has 4 nitrogen and oxygen atoms in total. The standard InChI is InChI=1S/C22H41ClN4S/c1-3-5-7-9-11-12-13-14-16-18-24-21-25-20(23)26-22(27-21)28-19-17-15-10-8-6-4-2/h3-19H2,1-2H3,(H,24,25,26,27). The van der Waals surface area contributed by atoms with Crippen LogP contribution in [0.15, 0.2) is 5.16 Å². The van der Waals surface area contributed by atoms with Gasteiger partial charge in [0.1, 0.15) is 0 Å². The van der Waals surface area contributed by atoms with Crippen LogP contribution in [0.1, 0.15) is 110 Å². The number of unbranched alkanes of at least 4 members (excludes halogenated alkanes) is 13. The van der Waals surface area contributed by atoms with E-state index < -0.39 is 0 Å². The maximum atomic E-state index is 6.07. The van der Waals surface area contributed by atoms with Crippen molar-refractivity contribution in [1.82, 2.24) is 15.0 Å². The van der Waals surface area contributed by atoms with Crippen LogP contribution in [0, 0.1) is 0 Å². The van der Waals surface area contributed by atoms with Gasteiger partial charge in [0, 0.05) is 12.3 Å². The van der Waals surface area contributed by atoms with Crippen molar-refractivity contribution >= 4 is 29.3 Å². The van der Waals surface area contributed by atoms with E-state index in [2.05, 4.69) is 34.1 Å². The Hall–Kier alpha value is -0.550. The van der Waals surface area contributed by atoms with Crippen LogP contribution in [0.2, 0.25) is 5.28 Å². The molecule has 6 heteroatoms.